The summed E-state index contributed by atoms with van der Waals surface area (Å²) >= 11 is 12.0. The third-order valence-electron chi connectivity index (χ3n) is 3.61. The van der Waals surface area contributed by atoms with E-state index in [0.29, 0.717) is 12.0 Å². The Morgan fingerprint density at radius 1 is 1.30 bits per heavy atom. The van der Waals surface area contributed by atoms with E-state index < -0.39 is 15.6 Å². The van der Waals surface area contributed by atoms with Crippen LogP contribution in [0.25, 0.3) is 0 Å². The normalized spacial score (nSPS) is 13.0. The molecule has 4 nitrogen and oxygen atoms in total. The molecule has 0 aromatic heterocycles. The van der Waals surface area contributed by atoms with E-state index in [9.17, 15) is 13.5 Å². The van der Waals surface area contributed by atoms with Crippen molar-refractivity contribution in [3.63, 3.8) is 0 Å². The Morgan fingerprint density at radius 2 is 1.85 bits per heavy atom. The first-order valence-corrected chi connectivity index (χ1v) is 8.35. The molecule has 0 atom stereocenters. The molecule has 20 heavy (non-hydrogen) atoms. The maximum absolute atomic E-state index is 12.7. The Morgan fingerprint density at radius 3 is 2.30 bits per heavy atom. The number of benzene rings is 1. The van der Waals surface area contributed by atoms with E-state index in [1.54, 1.807) is 0 Å². The Balaban J connectivity index is 3.48. The minimum absolute atomic E-state index is 0.00986. The molecule has 114 valence electrons. The minimum atomic E-state index is -3.79. The SMILES string of the molecule is CCC(C)(C)N(C)S(=O)(=O)c1cc(Cl)cc(CO)c1Cl. The standard InChI is InChI=1S/C13H19Cl2NO3S/c1-5-13(2,3)16(4)20(18,19)11-7-10(14)6-9(8-17)12(11)15/h6-7,17H,5,8H2,1-4H3. The Labute approximate surface area is 130 Å². The zero-order valence-corrected chi connectivity index (χ0v) is 14.3. The molecule has 1 rings (SSSR count). The van der Waals surface area contributed by atoms with Gasteiger partial charge in [-0.05, 0) is 38.0 Å². The molecule has 0 radical (unpaired) electrons. The fourth-order valence-electron chi connectivity index (χ4n) is 1.62. The predicted molar refractivity (Wildman–Crippen MR) is 81.7 cm³/mol. The summed E-state index contributed by atoms with van der Waals surface area (Å²) in [6, 6.07) is 2.76. The summed E-state index contributed by atoms with van der Waals surface area (Å²) in [4.78, 5) is -0.0836. The fraction of sp³-hybridized carbons (Fsp3) is 0.538. The van der Waals surface area contributed by atoms with Crippen molar-refractivity contribution in [2.24, 2.45) is 0 Å². The van der Waals surface area contributed by atoms with Gasteiger partial charge in [0.1, 0.15) is 4.90 Å². The van der Waals surface area contributed by atoms with E-state index in [4.69, 9.17) is 23.2 Å². The molecule has 1 aromatic carbocycles. The van der Waals surface area contributed by atoms with Crippen molar-refractivity contribution in [3.8, 4) is 0 Å². The van der Waals surface area contributed by atoms with E-state index in [0.717, 1.165) is 0 Å². The largest absolute Gasteiger partial charge is 0.392 e. The molecule has 0 saturated heterocycles. The molecule has 0 heterocycles. The molecular weight excluding hydrogens is 321 g/mol. The highest BCUT2D eigenvalue weighted by Crippen LogP contribution is 2.33. The van der Waals surface area contributed by atoms with Crippen molar-refractivity contribution in [1.29, 1.82) is 0 Å². The number of halogens is 2. The van der Waals surface area contributed by atoms with Crippen LogP contribution < -0.4 is 0 Å². The quantitative estimate of drug-likeness (QED) is 0.895. The van der Waals surface area contributed by atoms with E-state index in [-0.39, 0.29) is 21.5 Å². The highest BCUT2D eigenvalue weighted by Gasteiger charge is 2.34. The molecule has 0 unspecified atom stereocenters. The van der Waals surface area contributed by atoms with Gasteiger partial charge in [-0.3, -0.25) is 0 Å². The molecule has 1 aromatic rings. The lowest BCUT2D eigenvalue weighted by atomic mass is 10.0. The molecule has 1 N–H and O–H groups in total. The van der Waals surface area contributed by atoms with Gasteiger partial charge >= 0.3 is 0 Å². The Kier molecular flexibility index (Phi) is 5.49. The lowest BCUT2D eigenvalue weighted by Crippen LogP contribution is -2.44. The zero-order valence-electron chi connectivity index (χ0n) is 11.9. The molecule has 0 aliphatic heterocycles. The van der Waals surface area contributed by atoms with Crippen LogP contribution in [-0.4, -0.2) is 30.4 Å². The van der Waals surface area contributed by atoms with Gasteiger partial charge in [-0.15, -0.1) is 0 Å². The molecule has 0 amide bonds. The van der Waals surface area contributed by atoms with Gasteiger partial charge in [0.25, 0.3) is 0 Å². The van der Waals surface area contributed by atoms with Crippen molar-refractivity contribution >= 4 is 33.2 Å². The number of hydrogen-bond acceptors (Lipinski definition) is 3. The maximum atomic E-state index is 12.7. The second kappa shape index (κ2) is 6.20. The van der Waals surface area contributed by atoms with Gasteiger partial charge in [-0.1, -0.05) is 30.1 Å². The van der Waals surface area contributed by atoms with Crippen LogP contribution in [0.4, 0.5) is 0 Å². The van der Waals surface area contributed by atoms with Crippen LogP contribution in [0.2, 0.25) is 10.0 Å². The highest BCUT2D eigenvalue weighted by atomic mass is 35.5. The van der Waals surface area contributed by atoms with Crippen molar-refractivity contribution in [2.45, 2.75) is 44.2 Å². The van der Waals surface area contributed by atoms with E-state index >= 15 is 0 Å². The summed E-state index contributed by atoms with van der Waals surface area (Å²) in [5, 5.41) is 9.46. The Hall–Kier alpha value is -0.330. The number of aliphatic hydroxyl groups excluding tert-OH is 1. The minimum Gasteiger partial charge on any atom is -0.392 e. The van der Waals surface area contributed by atoms with Gasteiger partial charge in [-0.2, -0.15) is 4.31 Å². The van der Waals surface area contributed by atoms with Crippen LogP contribution in [0.1, 0.15) is 32.8 Å². The average molecular weight is 340 g/mol. The fourth-order valence-corrected chi connectivity index (χ4v) is 4.09. The lowest BCUT2D eigenvalue weighted by Gasteiger charge is -2.34. The van der Waals surface area contributed by atoms with Gasteiger partial charge in [0, 0.05) is 17.6 Å². The van der Waals surface area contributed by atoms with Crippen LogP contribution in [-0.2, 0) is 16.6 Å². The summed E-state index contributed by atoms with van der Waals surface area (Å²) in [5.41, 5.74) is -0.260. The average Bonchev–Trinajstić information content (AvgIpc) is 2.39. The summed E-state index contributed by atoms with van der Waals surface area (Å²) in [6.45, 7) is 5.19. The summed E-state index contributed by atoms with van der Waals surface area (Å²) in [7, 11) is -2.28. The van der Waals surface area contributed by atoms with Crippen LogP contribution in [0, 0.1) is 0 Å². The zero-order chi connectivity index (χ0) is 15.7. The van der Waals surface area contributed by atoms with Crippen LogP contribution in [0.15, 0.2) is 17.0 Å². The number of hydrogen-bond donors (Lipinski definition) is 1. The van der Waals surface area contributed by atoms with E-state index in [1.165, 1.54) is 23.5 Å². The van der Waals surface area contributed by atoms with Gasteiger partial charge < -0.3 is 5.11 Å². The Bertz CT molecular complexity index is 600. The third kappa shape index (κ3) is 3.28. The summed E-state index contributed by atoms with van der Waals surface area (Å²) in [6.07, 6.45) is 0.647. The van der Waals surface area contributed by atoms with Gasteiger partial charge in [-0.25, -0.2) is 8.42 Å². The first-order chi connectivity index (χ1) is 9.07. The number of aliphatic hydroxyl groups is 1. The monoisotopic (exact) mass is 339 g/mol. The smallest absolute Gasteiger partial charge is 0.244 e. The van der Waals surface area contributed by atoms with Crippen LogP contribution in [0.5, 0.6) is 0 Å². The number of sulfonamides is 1. The lowest BCUT2D eigenvalue weighted by molar-refractivity contribution is 0.257. The first kappa shape index (κ1) is 17.7. The van der Waals surface area contributed by atoms with Gasteiger partial charge in [0.05, 0.1) is 11.6 Å². The van der Waals surface area contributed by atoms with Crippen molar-refractivity contribution < 1.29 is 13.5 Å². The summed E-state index contributed by atoms with van der Waals surface area (Å²) in [5.74, 6) is 0. The highest BCUT2D eigenvalue weighted by molar-refractivity contribution is 7.89. The molecular formula is C13H19Cl2NO3S. The van der Waals surface area contributed by atoms with Crippen molar-refractivity contribution in [1.82, 2.24) is 4.31 Å². The third-order valence-corrected chi connectivity index (χ3v) is 6.48. The molecule has 0 spiro atoms. The molecule has 0 fully saturated rings. The number of nitrogens with zero attached hydrogens (tertiary/aromatic N) is 1. The van der Waals surface area contributed by atoms with E-state index in [1.807, 2.05) is 20.8 Å². The predicted octanol–water partition coefficient (Wildman–Crippen LogP) is 3.29. The maximum Gasteiger partial charge on any atom is 0.244 e. The van der Waals surface area contributed by atoms with Crippen LogP contribution >= 0.6 is 23.2 Å². The number of rotatable bonds is 5. The topological polar surface area (TPSA) is 57.6 Å². The van der Waals surface area contributed by atoms with Gasteiger partial charge in [0.2, 0.25) is 10.0 Å². The van der Waals surface area contributed by atoms with Crippen LogP contribution in [0.3, 0.4) is 0 Å². The first-order valence-electron chi connectivity index (χ1n) is 6.15. The molecule has 0 saturated carbocycles. The van der Waals surface area contributed by atoms with Crippen molar-refractivity contribution in [3.05, 3.63) is 27.7 Å². The molecule has 0 bridgehead atoms. The second-order valence-corrected chi connectivity index (χ2v) is 7.93. The van der Waals surface area contributed by atoms with Crippen molar-refractivity contribution in [2.75, 3.05) is 7.05 Å². The van der Waals surface area contributed by atoms with E-state index in [2.05, 4.69) is 0 Å². The molecule has 7 heteroatoms. The summed E-state index contributed by atoms with van der Waals surface area (Å²) < 4.78 is 26.6. The molecule has 0 aliphatic rings. The van der Waals surface area contributed by atoms with Gasteiger partial charge in [0.15, 0.2) is 0 Å². The molecule has 0 aliphatic carbocycles. The second-order valence-electron chi connectivity index (χ2n) is 5.17.